The SMILES string of the molecule is CC(C)(CN)c1cccc(C2=NN(c3ccc(F)cc3F)C(O)c3ccccc32)c1.Cl. The molecule has 31 heavy (non-hydrogen) atoms. The molecule has 0 radical (unpaired) electrons. The highest BCUT2D eigenvalue weighted by Gasteiger charge is 2.31. The molecule has 3 aromatic rings. The lowest BCUT2D eigenvalue weighted by molar-refractivity contribution is 0.169. The fraction of sp³-hybridized carbons (Fsp3) is 0.208. The first-order valence-electron chi connectivity index (χ1n) is 9.73. The van der Waals surface area contributed by atoms with Crippen molar-refractivity contribution in [3.8, 4) is 0 Å². The number of nitrogens with zero attached hydrogens (tertiary/aromatic N) is 2. The Morgan fingerprint density at radius 1 is 1.03 bits per heavy atom. The molecule has 0 aromatic heterocycles. The van der Waals surface area contributed by atoms with Gasteiger partial charge in [-0.3, -0.25) is 0 Å². The number of hydrogen-bond donors (Lipinski definition) is 2. The molecule has 1 unspecified atom stereocenters. The van der Waals surface area contributed by atoms with Crippen LogP contribution >= 0.6 is 12.4 Å². The van der Waals surface area contributed by atoms with Gasteiger partial charge in [0.2, 0.25) is 0 Å². The van der Waals surface area contributed by atoms with Crippen molar-refractivity contribution in [2.75, 3.05) is 11.6 Å². The summed E-state index contributed by atoms with van der Waals surface area (Å²) in [6.45, 7) is 4.60. The minimum absolute atomic E-state index is 0. The van der Waals surface area contributed by atoms with Crippen LogP contribution in [0.15, 0.2) is 71.8 Å². The van der Waals surface area contributed by atoms with Crippen LogP contribution in [0.25, 0.3) is 0 Å². The number of aliphatic hydroxyl groups is 1. The number of fused-ring (bicyclic) bond motifs is 1. The second-order valence-electron chi connectivity index (χ2n) is 8.02. The van der Waals surface area contributed by atoms with Gasteiger partial charge in [0.25, 0.3) is 0 Å². The third-order valence-corrected chi connectivity index (χ3v) is 5.52. The van der Waals surface area contributed by atoms with Gasteiger partial charge in [0.15, 0.2) is 12.0 Å². The Balaban J connectivity index is 0.00000272. The number of hydrazone groups is 1. The van der Waals surface area contributed by atoms with Crippen molar-refractivity contribution in [2.24, 2.45) is 10.8 Å². The molecule has 0 saturated carbocycles. The molecule has 162 valence electrons. The Morgan fingerprint density at radius 3 is 2.48 bits per heavy atom. The fourth-order valence-corrected chi connectivity index (χ4v) is 3.56. The summed E-state index contributed by atoms with van der Waals surface area (Å²) in [6, 6.07) is 18.4. The molecule has 0 saturated heterocycles. The molecule has 7 heteroatoms. The van der Waals surface area contributed by atoms with Crippen molar-refractivity contribution < 1.29 is 13.9 Å². The van der Waals surface area contributed by atoms with Crippen molar-refractivity contribution in [1.82, 2.24) is 0 Å². The molecule has 0 fully saturated rings. The fourth-order valence-electron chi connectivity index (χ4n) is 3.56. The van der Waals surface area contributed by atoms with Crippen molar-refractivity contribution in [1.29, 1.82) is 0 Å². The van der Waals surface area contributed by atoms with Gasteiger partial charge in [-0.25, -0.2) is 13.8 Å². The maximum atomic E-state index is 14.5. The number of benzene rings is 3. The highest BCUT2D eigenvalue weighted by molar-refractivity contribution is 6.15. The Hall–Kier alpha value is -2.80. The van der Waals surface area contributed by atoms with E-state index < -0.39 is 17.9 Å². The van der Waals surface area contributed by atoms with Crippen molar-refractivity contribution >= 4 is 23.8 Å². The summed E-state index contributed by atoms with van der Waals surface area (Å²) in [4.78, 5) is 0. The predicted octanol–water partition coefficient (Wildman–Crippen LogP) is 4.89. The molecule has 4 rings (SSSR count). The van der Waals surface area contributed by atoms with Crippen LogP contribution in [-0.4, -0.2) is 17.4 Å². The molecule has 3 aromatic carbocycles. The average Bonchev–Trinajstić information content (AvgIpc) is 2.75. The second-order valence-corrected chi connectivity index (χ2v) is 8.02. The Labute approximate surface area is 186 Å². The molecule has 0 bridgehead atoms. The van der Waals surface area contributed by atoms with Gasteiger partial charge in [-0.15, -0.1) is 12.4 Å². The summed E-state index contributed by atoms with van der Waals surface area (Å²) in [5.41, 5.74) is 9.52. The number of nitrogens with two attached hydrogens (primary N) is 1. The number of halogens is 3. The molecule has 1 atom stereocenters. The molecule has 3 N–H and O–H groups in total. The lowest BCUT2D eigenvalue weighted by atomic mass is 9.83. The summed E-state index contributed by atoms with van der Waals surface area (Å²) in [5.74, 6) is -1.49. The maximum Gasteiger partial charge on any atom is 0.174 e. The molecular formula is C24H24ClF2N3O. The van der Waals surface area contributed by atoms with E-state index in [1.165, 1.54) is 11.1 Å². The molecule has 0 aliphatic carbocycles. The van der Waals surface area contributed by atoms with Gasteiger partial charge in [0.05, 0.1) is 11.4 Å². The summed E-state index contributed by atoms with van der Waals surface area (Å²) in [7, 11) is 0. The van der Waals surface area contributed by atoms with Crippen LogP contribution in [-0.2, 0) is 5.41 Å². The summed E-state index contributed by atoms with van der Waals surface area (Å²) < 4.78 is 27.9. The number of rotatable bonds is 4. The van der Waals surface area contributed by atoms with Gasteiger partial charge in [-0.05, 0) is 23.8 Å². The zero-order valence-electron chi connectivity index (χ0n) is 17.2. The highest BCUT2D eigenvalue weighted by Crippen LogP contribution is 2.35. The summed E-state index contributed by atoms with van der Waals surface area (Å²) in [6.07, 6.45) is -1.20. The van der Waals surface area contributed by atoms with E-state index in [4.69, 9.17) is 5.73 Å². The lowest BCUT2D eigenvalue weighted by Crippen LogP contribution is -2.32. The van der Waals surface area contributed by atoms with Crippen LogP contribution in [0.1, 0.15) is 42.3 Å². The Bertz CT molecular complexity index is 1130. The predicted molar refractivity (Wildman–Crippen MR) is 122 cm³/mol. The number of anilines is 1. The Morgan fingerprint density at radius 2 is 1.77 bits per heavy atom. The van der Waals surface area contributed by atoms with E-state index in [0.29, 0.717) is 17.8 Å². The van der Waals surface area contributed by atoms with Crippen LogP contribution in [0, 0.1) is 11.6 Å². The molecular weight excluding hydrogens is 420 g/mol. The average molecular weight is 444 g/mol. The third-order valence-electron chi connectivity index (χ3n) is 5.52. The molecule has 0 amide bonds. The van der Waals surface area contributed by atoms with Gasteiger partial charge < -0.3 is 10.8 Å². The van der Waals surface area contributed by atoms with E-state index in [-0.39, 0.29) is 23.5 Å². The van der Waals surface area contributed by atoms with E-state index >= 15 is 0 Å². The largest absolute Gasteiger partial charge is 0.368 e. The zero-order chi connectivity index (χ0) is 21.5. The van der Waals surface area contributed by atoms with Crippen molar-refractivity contribution in [3.05, 3.63) is 101 Å². The minimum Gasteiger partial charge on any atom is -0.368 e. The van der Waals surface area contributed by atoms with E-state index in [0.717, 1.165) is 28.8 Å². The first-order chi connectivity index (χ1) is 14.3. The minimum atomic E-state index is -1.20. The zero-order valence-corrected chi connectivity index (χ0v) is 18.0. The second kappa shape index (κ2) is 8.75. The topological polar surface area (TPSA) is 61.8 Å². The first kappa shape index (κ1) is 22.9. The number of aliphatic hydroxyl groups excluding tert-OH is 1. The summed E-state index contributed by atoms with van der Waals surface area (Å²) >= 11 is 0. The van der Waals surface area contributed by atoms with E-state index in [1.54, 1.807) is 12.1 Å². The van der Waals surface area contributed by atoms with Gasteiger partial charge in [-0.2, -0.15) is 5.10 Å². The van der Waals surface area contributed by atoms with Crippen LogP contribution in [0.2, 0.25) is 0 Å². The standard InChI is InChI=1S/C24H23F2N3O.ClH/c1-24(2,14-27)16-7-5-6-15(12-16)22-18-8-3-4-9-19(18)23(30)29(28-22)21-11-10-17(25)13-20(21)26;/h3-13,23,30H,14,27H2,1-2H3;1H. The highest BCUT2D eigenvalue weighted by atomic mass is 35.5. The van der Waals surface area contributed by atoms with Crippen molar-refractivity contribution in [3.63, 3.8) is 0 Å². The van der Waals surface area contributed by atoms with Crippen LogP contribution in [0.3, 0.4) is 0 Å². The number of hydrogen-bond acceptors (Lipinski definition) is 4. The molecule has 4 nitrogen and oxygen atoms in total. The van der Waals surface area contributed by atoms with E-state index in [1.807, 2.05) is 36.4 Å². The van der Waals surface area contributed by atoms with Crippen molar-refractivity contribution in [2.45, 2.75) is 25.5 Å². The van der Waals surface area contributed by atoms with Gasteiger partial charge in [0, 0.05) is 34.7 Å². The van der Waals surface area contributed by atoms with Crippen LogP contribution < -0.4 is 10.7 Å². The van der Waals surface area contributed by atoms with Crippen LogP contribution in [0.5, 0.6) is 0 Å². The normalized spacial score (nSPS) is 15.7. The molecule has 1 aliphatic heterocycles. The third kappa shape index (κ3) is 4.19. The first-order valence-corrected chi connectivity index (χ1v) is 9.73. The summed E-state index contributed by atoms with van der Waals surface area (Å²) in [5, 5.41) is 16.7. The lowest BCUT2D eigenvalue weighted by Gasteiger charge is -2.33. The van der Waals surface area contributed by atoms with Crippen LogP contribution in [0.4, 0.5) is 14.5 Å². The molecule has 0 spiro atoms. The smallest absolute Gasteiger partial charge is 0.174 e. The monoisotopic (exact) mass is 443 g/mol. The molecule has 1 aliphatic rings. The maximum absolute atomic E-state index is 14.5. The van der Waals surface area contributed by atoms with E-state index in [2.05, 4.69) is 18.9 Å². The Kier molecular flexibility index (Phi) is 6.46. The van der Waals surface area contributed by atoms with Gasteiger partial charge in [0.1, 0.15) is 5.82 Å². The van der Waals surface area contributed by atoms with Gasteiger partial charge >= 0.3 is 0 Å². The molecule has 1 heterocycles. The van der Waals surface area contributed by atoms with E-state index in [9.17, 15) is 13.9 Å². The quantitative estimate of drug-likeness (QED) is 0.603. The van der Waals surface area contributed by atoms with Gasteiger partial charge in [-0.1, -0.05) is 56.3 Å².